The van der Waals surface area contributed by atoms with Crippen LogP contribution in [0, 0.1) is 0 Å². The third kappa shape index (κ3) is 3.82. The maximum Gasteiger partial charge on any atom is 0.255 e. The fourth-order valence-electron chi connectivity index (χ4n) is 5.84. The summed E-state index contributed by atoms with van der Waals surface area (Å²) in [4.78, 5) is 35.7. The van der Waals surface area contributed by atoms with Gasteiger partial charge in [-0.1, -0.05) is 26.0 Å². The molecule has 1 aromatic carbocycles. The fraction of sp³-hybridized carbons (Fsp3) is 0.583. The lowest BCUT2D eigenvalue weighted by atomic mass is 9.79. The largest absolute Gasteiger partial charge is 0.492 e. The Kier molecular flexibility index (Phi) is 6.16. The number of rotatable bonds is 6. The van der Waals surface area contributed by atoms with Gasteiger partial charge in [0.25, 0.3) is 5.91 Å². The molecule has 0 unspecified atom stereocenters. The van der Waals surface area contributed by atoms with E-state index in [4.69, 9.17) is 20.9 Å². The number of methoxy groups -OCH3 is 1. The van der Waals surface area contributed by atoms with Crippen LogP contribution in [0.1, 0.15) is 36.2 Å². The molecule has 14 heteroatoms. The number of nitrogens with two attached hydrogens (primary N) is 2. The van der Waals surface area contributed by atoms with Gasteiger partial charge in [0.1, 0.15) is 24.4 Å². The number of nitrogens with zero attached hydrogens (tertiary/aromatic N) is 3. The molecular formula is C24H34N8O6. The molecule has 14 nitrogen and oxygen atoms in total. The van der Waals surface area contributed by atoms with E-state index in [0.717, 1.165) is 12.0 Å². The average Bonchev–Trinajstić information content (AvgIpc) is 3.32. The Morgan fingerprint density at radius 2 is 2.05 bits per heavy atom. The molecule has 1 spiro atoms. The van der Waals surface area contributed by atoms with Gasteiger partial charge in [0.15, 0.2) is 17.6 Å². The standard InChI is InChI=1S/C24H34N8O6/c1-22(2)7-8-38-17-12(5-4-6-13(17)22)19(34)29-15-10-32-21(26)28-14(9-27-16(33)11-37-3)18-23(32,24(15,35)36)31-20(25)30-18/h4-6,14-15,18,35-36H,7-11H2,1-3H3,(H2,26,28)(H,27,33)(H,29,34)(H3,25,30,31)/t14-,15-,18-,23-/m0/s1. The maximum atomic E-state index is 13.5. The molecule has 0 bridgehead atoms. The van der Waals surface area contributed by atoms with Crippen molar-refractivity contribution in [2.45, 2.75) is 55.3 Å². The Labute approximate surface area is 219 Å². The Hall–Kier alpha value is -3.62. The third-order valence-corrected chi connectivity index (χ3v) is 7.85. The molecule has 9 N–H and O–H groups in total. The second kappa shape index (κ2) is 8.99. The summed E-state index contributed by atoms with van der Waals surface area (Å²) in [5.74, 6) is -3.10. The SMILES string of the molecule is COCC(=O)NC[C@@H]1N=C(N)N2C[C@H](NC(=O)c3cccc4c3OCCC4(C)C)C(O)(O)[C@@]23NC(N)=N[C@@H]13. The first-order chi connectivity index (χ1) is 17.9. The minimum absolute atomic E-state index is 0.00199. The van der Waals surface area contributed by atoms with Crippen molar-refractivity contribution >= 4 is 23.7 Å². The van der Waals surface area contributed by atoms with Gasteiger partial charge in [0.05, 0.1) is 18.2 Å². The first-order valence-electron chi connectivity index (χ1n) is 12.4. The molecule has 1 saturated heterocycles. The van der Waals surface area contributed by atoms with Gasteiger partial charge < -0.3 is 52.0 Å². The highest BCUT2D eigenvalue weighted by Crippen LogP contribution is 2.45. The number of hydrogen-bond donors (Lipinski definition) is 7. The molecule has 1 aromatic rings. The van der Waals surface area contributed by atoms with E-state index >= 15 is 0 Å². The molecule has 4 atom stereocenters. The summed E-state index contributed by atoms with van der Waals surface area (Å²) in [6.07, 6.45) is 0.807. The minimum Gasteiger partial charge on any atom is -0.492 e. The molecule has 1 fully saturated rings. The predicted molar refractivity (Wildman–Crippen MR) is 136 cm³/mol. The smallest absolute Gasteiger partial charge is 0.255 e. The number of amides is 2. The average molecular weight is 531 g/mol. The highest BCUT2D eigenvalue weighted by molar-refractivity contribution is 5.98. The Morgan fingerprint density at radius 3 is 2.79 bits per heavy atom. The summed E-state index contributed by atoms with van der Waals surface area (Å²) in [5.41, 5.74) is 11.6. The summed E-state index contributed by atoms with van der Waals surface area (Å²) in [6.45, 7) is 4.39. The molecule has 4 aliphatic rings. The lowest BCUT2D eigenvalue weighted by Crippen LogP contribution is -2.78. The molecule has 0 aliphatic carbocycles. The molecule has 4 heterocycles. The van der Waals surface area contributed by atoms with Crippen molar-refractivity contribution in [2.24, 2.45) is 21.5 Å². The van der Waals surface area contributed by atoms with Gasteiger partial charge in [0.2, 0.25) is 11.7 Å². The number of aliphatic hydroxyl groups is 2. The molecular weight excluding hydrogens is 496 g/mol. The zero-order valence-electron chi connectivity index (χ0n) is 21.5. The number of fused-ring (bicyclic) bond motifs is 1. The second-order valence-corrected chi connectivity index (χ2v) is 10.7. The van der Waals surface area contributed by atoms with E-state index in [1.165, 1.54) is 12.0 Å². The van der Waals surface area contributed by atoms with Gasteiger partial charge in [-0.05, 0) is 17.9 Å². The number of carbonyl (C=O) groups excluding carboxylic acids is 2. The van der Waals surface area contributed by atoms with Crippen LogP contribution in [0.3, 0.4) is 0 Å². The van der Waals surface area contributed by atoms with E-state index in [9.17, 15) is 19.8 Å². The van der Waals surface area contributed by atoms with Crippen molar-refractivity contribution in [1.82, 2.24) is 20.9 Å². The van der Waals surface area contributed by atoms with Crippen LogP contribution in [-0.2, 0) is 14.9 Å². The van der Waals surface area contributed by atoms with Crippen LogP contribution in [-0.4, -0.2) is 102 Å². The summed E-state index contributed by atoms with van der Waals surface area (Å²) >= 11 is 0. The Balaban J connectivity index is 1.43. The highest BCUT2D eigenvalue weighted by atomic mass is 16.5. The zero-order valence-corrected chi connectivity index (χ0v) is 21.5. The molecule has 0 saturated carbocycles. The van der Waals surface area contributed by atoms with Crippen LogP contribution < -0.4 is 32.2 Å². The van der Waals surface area contributed by atoms with Crippen molar-refractivity contribution in [3.8, 4) is 5.75 Å². The normalized spacial score (nSPS) is 30.0. The minimum atomic E-state index is -2.59. The number of nitrogens with one attached hydrogen (secondary N) is 3. The molecule has 4 aliphatic heterocycles. The van der Waals surface area contributed by atoms with E-state index < -0.39 is 35.5 Å². The number of hydrogen-bond acceptors (Lipinski definition) is 12. The van der Waals surface area contributed by atoms with Crippen LogP contribution in [0.4, 0.5) is 0 Å². The number of benzene rings is 1. The Morgan fingerprint density at radius 1 is 1.29 bits per heavy atom. The van der Waals surface area contributed by atoms with Gasteiger partial charge in [-0.3, -0.25) is 9.59 Å². The van der Waals surface area contributed by atoms with Crippen LogP contribution in [0.5, 0.6) is 5.75 Å². The van der Waals surface area contributed by atoms with Crippen molar-refractivity contribution in [1.29, 1.82) is 0 Å². The van der Waals surface area contributed by atoms with Crippen LogP contribution in [0.25, 0.3) is 0 Å². The molecule has 2 amide bonds. The quantitative estimate of drug-likeness (QED) is 0.189. The van der Waals surface area contributed by atoms with Gasteiger partial charge in [0, 0.05) is 25.8 Å². The Bertz CT molecular complexity index is 1220. The monoisotopic (exact) mass is 530 g/mol. The van der Waals surface area contributed by atoms with Gasteiger partial charge in [-0.2, -0.15) is 0 Å². The summed E-state index contributed by atoms with van der Waals surface area (Å²) in [6, 6.07) is 2.42. The second-order valence-electron chi connectivity index (χ2n) is 10.7. The van der Waals surface area contributed by atoms with Crippen LogP contribution in [0.2, 0.25) is 0 Å². The van der Waals surface area contributed by atoms with Gasteiger partial charge in [-0.25, -0.2) is 9.98 Å². The lowest BCUT2D eigenvalue weighted by molar-refractivity contribution is -0.230. The first-order valence-corrected chi connectivity index (χ1v) is 12.4. The van der Waals surface area contributed by atoms with E-state index in [-0.39, 0.29) is 42.9 Å². The van der Waals surface area contributed by atoms with Gasteiger partial charge >= 0.3 is 0 Å². The maximum absolute atomic E-state index is 13.5. The van der Waals surface area contributed by atoms with E-state index in [2.05, 4.69) is 39.8 Å². The van der Waals surface area contributed by atoms with E-state index in [1.807, 2.05) is 6.07 Å². The number of para-hydroxylation sites is 1. The fourth-order valence-corrected chi connectivity index (χ4v) is 5.84. The molecule has 206 valence electrons. The van der Waals surface area contributed by atoms with E-state index in [1.54, 1.807) is 12.1 Å². The summed E-state index contributed by atoms with van der Waals surface area (Å²) in [7, 11) is 1.40. The molecule has 5 rings (SSSR count). The predicted octanol–water partition coefficient (Wildman–Crippen LogP) is -2.72. The van der Waals surface area contributed by atoms with Crippen molar-refractivity contribution < 1.29 is 29.3 Å². The van der Waals surface area contributed by atoms with Crippen LogP contribution >= 0.6 is 0 Å². The van der Waals surface area contributed by atoms with Crippen molar-refractivity contribution in [3.05, 3.63) is 29.3 Å². The lowest BCUT2D eigenvalue weighted by Gasteiger charge is -2.49. The topological polar surface area (TPSA) is 209 Å². The number of aliphatic imine (C=N–C) groups is 2. The van der Waals surface area contributed by atoms with Crippen LogP contribution in [0.15, 0.2) is 28.2 Å². The van der Waals surface area contributed by atoms with Crippen molar-refractivity contribution in [2.75, 3.05) is 33.4 Å². The van der Waals surface area contributed by atoms with Gasteiger partial charge in [-0.15, -0.1) is 0 Å². The molecule has 0 radical (unpaired) electrons. The first kappa shape index (κ1) is 26.0. The molecule has 0 aromatic heterocycles. The van der Waals surface area contributed by atoms with Crippen molar-refractivity contribution in [3.63, 3.8) is 0 Å². The number of guanidine groups is 2. The zero-order chi connectivity index (χ0) is 27.5. The number of ether oxygens (including phenoxy) is 2. The van der Waals surface area contributed by atoms with E-state index in [0.29, 0.717) is 17.9 Å². The molecule has 38 heavy (non-hydrogen) atoms. The third-order valence-electron chi connectivity index (χ3n) is 7.85. The summed E-state index contributed by atoms with van der Waals surface area (Å²) < 4.78 is 10.7. The highest BCUT2D eigenvalue weighted by Gasteiger charge is 2.73. The number of carbonyl (C=O) groups is 2. The summed E-state index contributed by atoms with van der Waals surface area (Å²) in [5, 5.41) is 31.5.